The molecule has 3 rings (SSSR count). The molecule has 7 heteroatoms. The van der Waals surface area contributed by atoms with Crippen molar-refractivity contribution >= 4 is 17.6 Å². The summed E-state index contributed by atoms with van der Waals surface area (Å²) in [6, 6.07) is 12.4. The summed E-state index contributed by atoms with van der Waals surface area (Å²) < 4.78 is 16.6. The van der Waals surface area contributed by atoms with Crippen molar-refractivity contribution in [1.29, 1.82) is 0 Å². The molecule has 1 heterocycles. The Morgan fingerprint density at radius 1 is 1.19 bits per heavy atom. The molecule has 1 unspecified atom stereocenters. The Kier molecular flexibility index (Phi) is 6.07. The summed E-state index contributed by atoms with van der Waals surface area (Å²) in [5.74, 6) is 2.11. The monoisotopic (exact) mass is 376 g/mol. The first-order chi connectivity index (χ1) is 12.6. The van der Waals surface area contributed by atoms with Crippen molar-refractivity contribution in [3.63, 3.8) is 0 Å². The third-order valence-electron chi connectivity index (χ3n) is 3.87. The molecule has 2 N–H and O–H groups in total. The molecule has 26 heavy (non-hydrogen) atoms. The average Bonchev–Trinajstić information content (AvgIpc) is 2.65. The molecular formula is C19H21ClN2O4. The van der Waals surface area contributed by atoms with Gasteiger partial charge in [-0.2, -0.15) is 0 Å². The normalized spacial score (nSPS) is 13.6. The number of nitrogens with one attached hydrogen (secondary N) is 2. The first-order valence-electron chi connectivity index (χ1n) is 8.44. The summed E-state index contributed by atoms with van der Waals surface area (Å²) in [6.45, 7) is 3.73. The Morgan fingerprint density at radius 3 is 2.81 bits per heavy atom. The lowest BCUT2D eigenvalue weighted by Gasteiger charge is -2.21. The Hall–Kier alpha value is -2.60. The zero-order valence-corrected chi connectivity index (χ0v) is 15.2. The Bertz CT molecular complexity index is 769. The van der Waals surface area contributed by atoms with Crippen LogP contribution in [0.2, 0.25) is 5.02 Å². The second-order valence-corrected chi connectivity index (χ2v) is 6.27. The van der Waals surface area contributed by atoms with Crippen molar-refractivity contribution in [2.24, 2.45) is 0 Å². The van der Waals surface area contributed by atoms with Crippen molar-refractivity contribution in [3.05, 3.63) is 53.1 Å². The van der Waals surface area contributed by atoms with E-state index >= 15 is 0 Å². The molecule has 2 aromatic rings. The summed E-state index contributed by atoms with van der Waals surface area (Å²) in [4.78, 5) is 12.0. The average molecular weight is 377 g/mol. The molecule has 6 nitrogen and oxygen atoms in total. The highest BCUT2D eigenvalue weighted by Gasteiger charge is 2.15. The molecule has 0 spiro atoms. The minimum atomic E-state index is -0.262. The lowest BCUT2D eigenvalue weighted by Crippen LogP contribution is -2.39. The van der Waals surface area contributed by atoms with Crippen LogP contribution in [0.25, 0.3) is 0 Å². The van der Waals surface area contributed by atoms with Crippen LogP contribution in [0.3, 0.4) is 0 Å². The molecule has 138 valence electrons. The standard InChI is InChI=1S/C19H21ClN2O4/c1-13(14-5-6-17-18(11-14)26-10-9-25-17)22-19(23)21-7-8-24-16-4-2-3-15(20)12-16/h2-6,11-13H,7-10H2,1H3,(H2,21,22,23). The predicted molar refractivity (Wildman–Crippen MR) is 99.3 cm³/mol. The van der Waals surface area contributed by atoms with Crippen molar-refractivity contribution in [3.8, 4) is 17.2 Å². The van der Waals surface area contributed by atoms with Gasteiger partial charge in [0, 0.05) is 5.02 Å². The molecule has 0 saturated heterocycles. The van der Waals surface area contributed by atoms with Crippen LogP contribution >= 0.6 is 11.6 Å². The zero-order valence-electron chi connectivity index (χ0n) is 14.5. The number of carbonyl (C=O) groups excluding carboxylic acids is 1. The van der Waals surface area contributed by atoms with Crippen molar-refractivity contribution < 1.29 is 19.0 Å². The SMILES string of the molecule is CC(NC(=O)NCCOc1cccc(Cl)c1)c1ccc2c(c1)OCCO2. The van der Waals surface area contributed by atoms with Gasteiger partial charge >= 0.3 is 6.03 Å². The number of rotatable bonds is 6. The van der Waals surface area contributed by atoms with E-state index in [9.17, 15) is 4.79 Å². The van der Waals surface area contributed by atoms with Crippen LogP contribution < -0.4 is 24.8 Å². The Labute approximate surface area is 157 Å². The molecule has 2 aromatic carbocycles. The molecule has 1 atom stereocenters. The maximum Gasteiger partial charge on any atom is 0.315 e. The second kappa shape index (κ2) is 8.67. The van der Waals surface area contributed by atoms with Gasteiger partial charge in [0.1, 0.15) is 25.6 Å². The van der Waals surface area contributed by atoms with Crippen LogP contribution in [0.5, 0.6) is 17.2 Å². The van der Waals surface area contributed by atoms with E-state index in [1.165, 1.54) is 0 Å². The fraction of sp³-hybridized carbons (Fsp3) is 0.316. The fourth-order valence-corrected chi connectivity index (χ4v) is 2.73. The zero-order chi connectivity index (χ0) is 18.4. The number of carbonyl (C=O) groups is 1. The number of hydrogen-bond acceptors (Lipinski definition) is 4. The first-order valence-corrected chi connectivity index (χ1v) is 8.82. The summed E-state index contributed by atoms with van der Waals surface area (Å²) >= 11 is 5.89. The van der Waals surface area contributed by atoms with E-state index in [0.29, 0.717) is 42.9 Å². The molecule has 0 radical (unpaired) electrons. The summed E-state index contributed by atoms with van der Waals surface area (Å²) in [7, 11) is 0. The molecule has 0 aliphatic carbocycles. The quantitative estimate of drug-likeness (QED) is 0.756. The molecule has 2 amide bonds. The third kappa shape index (κ3) is 4.95. The molecule has 0 aromatic heterocycles. The van der Waals surface area contributed by atoms with Crippen molar-refractivity contribution in [2.75, 3.05) is 26.4 Å². The van der Waals surface area contributed by atoms with Crippen LogP contribution in [-0.2, 0) is 0 Å². The Morgan fingerprint density at radius 2 is 2.00 bits per heavy atom. The van der Waals surface area contributed by atoms with Gasteiger partial charge in [0.15, 0.2) is 11.5 Å². The molecule has 0 bridgehead atoms. The minimum Gasteiger partial charge on any atom is -0.492 e. The summed E-state index contributed by atoms with van der Waals surface area (Å²) in [5, 5.41) is 6.27. The minimum absolute atomic E-state index is 0.167. The first kappa shape index (κ1) is 18.2. The largest absolute Gasteiger partial charge is 0.492 e. The van der Waals surface area contributed by atoms with Gasteiger partial charge in [-0.1, -0.05) is 23.7 Å². The van der Waals surface area contributed by atoms with Gasteiger partial charge < -0.3 is 24.8 Å². The summed E-state index contributed by atoms with van der Waals surface area (Å²) in [6.07, 6.45) is 0. The number of ether oxygens (including phenoxy) is 3. The fourth-order valence-electron chi connectivity index (χ4n) is 2.55. The van der Waals surface area contributed by atoms with Gasteiger partial charge in [-0.3, -0.25) is 0 Å². The van der Waals surface area contributed by atoms with Gasteiger partial charge in [0.2, 0.25) is 0 Å². The lowest BCUT2D eigenvalue weighted by atomic mass is 10.1. The van der Waals surface area contributed by atoms with E-state index in [0.717, 1.165) is 11.3 Å². The number of halogens is 1. The predicted octanol–water partition coefficient (Wildman–Crippen LogP) is 3.55. The molecular weight excluding hydrogens is 356 g/mol. The van der Waals surface area contributed by atoms with Gasteiger partial charge in [-0.25, -0.2) is 4.79 Å². The number of fused-ring (bicyclic) bond motifs is 1. The molecule has 1 aliphatic heterocycles. The van der Waals surface area contributed by atoms with E-state index in [1.807, 2.05) is 37.3 Å². The lowest BCUT2D eigenvalue weighted by molar-refractivity contribution is 0.171. The number of urea groups is 1. The van der Waals surface area contributed by atoms with Crippen molar-refractivity contribution in [1.82, 2.24) is 10.6 Å². The number of hydrogen-bond donors (Lipinski definition) is 2. The number of benzene rings is 2. The topological polar surface area (TPSA) is 68.8 Å². The van der Waals surface area contributed by atoms with Gasteiger partial charge in [0.25, 0.3) is 0 Å². The Balaban J connectivity index is 1.42. The smallest absolute Gasteiger partial charge is 0.315 e. The highest BCUT2D eigenvalue weighted by molar-refractivity contribution is 6.30. The highest BCUT2D eigenvalue weighted by atomic mass is 35.5. The van der Waals surface area contributed by atoms with E-state index in [1.54, 1.807) is 12.1 Å². The highest BCUT2D eigenvalue weighted by Crippen LogP contribution is 2.32. The third-order valence-corrected chi connectivity index (χ3v) is 4.10. The van der Waals surface area contributed by atoms with Crippen LogP contribution in [0.15, 0.2) is 42.5 Å². The van der Waals surface area contributed by atoms with E-state index < -0.39 is 0 Å². The van der Waals surface area contributed by atoms with E-state index in [4.69, 9.17) is 25.8 Å². The van der Waals surface area contributed by atoms with Crippen LogP contribution in [0.1, 0.15) is 18.5 Å². The van der Waals surface area contributed by atoms with Crippen LogP contribution in [0.4, 0.5) is 4.79 Å². The van der Waals surface area contributed by atoms with Gasteiger partial charge in [0.05, 0.1) is 12.6 Å². The van der Waals surface area contributed by atoms with Gasteiger partial charge in [-0.05, 0) is 42.8 Å². The van der Waals surface area contributed by atoms with E-state index in [-0.39, 0.29) is 12.1 Å². The van der Waals surface area contributed by atoms with Crippen LogP contribution in [0, 0.1) is 0 Å². The second-order valence-electron chi connectivity index (χ2n) is 5.83. The van der Waals surface area contributed by atoms with E-state index in [2.05, 4.69) is 10.6 Å². The summed E-state index contributed by atoms with van der Waals surface area (Å²) in [5.41, 5.74) is 0.944. The van der Waals surface area contributed by atoms with Crippen LogP contribution in [-0.4, -0.2) is 32.4 Å². The molecule has 1 aliphatic rings. The molecule has 0 fully saturated rings. The van der Waals surface area contributed by atoms with Crippen molar-refractivity contribution in [2.45, 2.75) is 13.0 Å². The maximum atomic E-state index is 12.0. The number of amides is 2. The van der Waals surface area contributed by atoms with Gasteiger partial charge in [-0.15, -0.1) is 0 Å². The maximum absolute atomic E-state index is 12.0. The molecule has 0 saturated carbocycles.